The molecule has 2 N–H and O–H groups in total. The standard InChI is InChI=1S/C11H13ClN4O2/c12-9-7-8(3-4-10(9)17)11(18)14-5-1-2-6-15-16-13/h3-4,7,17H,1-2,5-6H2,(H,14,18). The maximum absolute atomic E-state index is 11.7. The first-order valence-corrected chi connectivity index (χ1v) is 5.80. The molecule has 18 heavy (non-hydrogen) atoms. The lowest BCUT2D eigenvalue weighted by Gasteiger charge is -2.05. The van der Waals surface area contributed by atoms with E-state index < -0.39 is 0 Å². The van der Waals surface area contributed by atoms with Crippen molar-refractivity contribution in [1.29, 1.82) is 0 Å². The van der Waals surface area contributed by atoms with Crippen molar-refractivity contribution in [3.63, 3.8) is 0 Å². The average molecular weight is 269 g/mol. The van der Waals surface area contributed by atoms with Crippen molar-refractivity contribution in [2.45, 2.75) is 12.8 Å². The zero-order valence-electron chi connectivity index (χ0n) is 9.64. The number of unbranched alkanes of at least 4 members (excludes halogenated alkanes) is 1. The van der Waals surface area contributed by atoms with Gasteiger partial charge in [-0.1, -0.05) is 16.7 Å². The minimum absolute atomic E-state index is 0.0532. The number of aromatic hydroxyl groups is 1. The third-order valence-corrected chi connectivity index (χ3v) is 2.55. The zero-order valence-corrected chi connectivity index (χ0v) is 10.4. The number of hydrogen-bond donors (Lipinski definition) is 2. The first kappa shape index (κ1) is 14.2. The fourth-order valence-corrected chi connectivity index (χ4v) is 1.48. The smallest absolute Gasteiger partial charge is 0.251 e. The quantitative estimate of drug-likeness (QED) is 0.359. The highest BCUT2D eigenvalue weighted by Gasteiger charge is 2.07. The zero-order chi connectivity index (χ0) is 13.4. The highest BCUT2D eigenvalue weighted by atomic mass is 35.5. The summed E-state index contributed by atoms with van der Waals surface area (Å²) in [7, 11) is 0. The number of nitrogens with zero attached hydrogens (tertiary/aromatic N) is 3. The van der Waals surface area contributed by atoms with E-state index in [0.29, 0.717) is 18.7 Å². The third kappa shape index (κ3) is 4.53. The van der Waals surface area contributed by atoms with Crippen molar-refractivity contribution < 1.29 is 9.90 Å². The number of carbonyl (C=O) groups excluding carboxylic acids is 1. The Bertz CT molecular complexity index is 472. The molecule has 1 aromatic rings. The molecule has 0 saturated heterocycles. The summed E-state index contributed by atoms with van der Waals surface area (Å²) in [5.41, 5.74) is 8.46. The highest BCUT2D eigenvalue weighted by Crippen LogP contribution is 2.23. The van der Waals surface area contributed by atoms with E-state index in [1.54, 1.807) is 0 Å². The van der Waals surface area contributed by atoms with Crippen LogP contribution in [0.25, 0.3) is 10.4 Å². The van der Waals surface area contributed by atoms with Gasteiger partial charge in [0.2, 0.25) is 0 Å². The monoisotopic (exact) mass is 268 g/mol. The van der Waals surface area contributed by atoms with Crippen LogP contribution in [0.15, 0.2) is 23.3 Å². The predicted octanol–water partition coefficient (Wildman–Crippen LogP) is 2.87. The fourth-order valence-electron chi connectivity index (χ4n) is 1.30. The molecular weight excluding hydrogens is 256 g/mol. The van der Waals surface area contributed by atoms with Crippen LogP contribution >= 0.6 is 11.6 Å². The van der Waals surface area contributed by atoms with Gasteiger partial charge >= 0.3 is 0 Å². The first-order valence-electron chi connectivity index (χ1n) is 5.42. The van der Waals surface area contributed by atoms with E-state index in [1.807, 2.05) is 0 Å². The van der Waals surface area contributed by atoms with Gasteiger partial charge in [-0.25, -0.2) is 0 Å². The SMILES string of the molecule is [N-]=[N+]=NCCCCNC(=O)c1ccc(O)c(Cl)c1. The number of nitrogens with one attached hydrogen (secondary N) is 1. The molecule has 0 bridgehead atoms. The molecular formula is C11H13ClN4O2. The van der Waals surface area contributed by atoms with Gasteiger partial charge in [0.1, 0.15) is 5.75 Å². The molecule has 0 aliphatic rings. The number of carbonyl (C=O) groups is 1. The minimum atomic E-state index is -0.249. The van der Waals surface area contributed by atoms with Crippen LogP contribution in [0.4, 0.5) is 0 Å². The van der Waals surface area contributed by atoms with Gasteiger partial charge in [-0.3, -0.25) is 4.79 Å². The number of phenolic OH excluding ortho intramolecular Hbond substituents is 1. The Labute approximate surface area is 109 Å². The van der Waals surface area contributed by atoms with Crippen molar-refractivity contribution in [2.75, 3.05) is 13.1 Å². The summed E-state index contributed by atoms with van der Waals surface area (Å²) < 4.78 is 0. The van der Waals surface area contributed by atoms with Crippen LogP contribution in [0.1, 0.15) is 23.2 Å². The second kappa shape index (κ2) is 7.42. The number of rotatable bonds is 6. The van der Waals surface area contributed by atoms with E-state index in [1.165, 1.54) is 18.2 Å². The second-order valence-corrected chi connectivity index (χ2v) is 3.99. The van der Waals surface area contributed by atoms with E-state index in [0.717, 1.165) is 12.8 Å². The Morgan fingerprint density at radius 3 is 2.94 bits per heavy atom. The van der Waals surface area contributed by atoms with Gasteiger partial charge in [-0.15, -0.1) is 0 Å². The molecule has 96 valence electrons. The lowest BCUT2D eigenvalue weighted by atomic mass is 10.2. The van der Waals surface area contributed by atoms with Gasteiger partial charge in [0, 0.05) is 23.6 Å². The number of phenols is 1. The molecule has 0 fully saturated rings. The normalized spacial score (nSPS) is 9.61. The molecule has 0 spiro atoms. The van der Waals surface area contributed by atoms with E-state index in [-0.39, 0.29) is 16.7 Å². The van der Waals surface area contributed by atoms with Gasteiger partial charge < -0.3 is 10.4 Å². The van der Waals surface area contributed by atoms with Crippen LogP contribution in [0, 0.1) is 0 Å². The molecule has 1 rings (SSSR count). The van der Waals surface area contributed by atoms with Crippen LogP contribution in [-0.4, -0.2) is 24.1 Å². The minimum Gasteiger partial charge on any atom is -0.506 e. The Balaban J connectivity index is 2.36. The van der Waals surface area contributed by atoms with Crippen LogP contribution in [0.3, 0.4) is 0 Å². The molecule has 0 saturated carbocycles. The number of hydrogen-bond acceptors (Lipinski definition) is 3. The summed E-state index contributed by atoms with van der Waals surface area (Å²) in [6.45, 7) is 0.926. The van der Waals surface area contributed by atoms with Crippen molar-refractivity contribution in [3.8, 4) is 5.75 Å². The van der Waals surface area contributed by atoms with Gasteiger partial charge in [0.05, 0.1) is 5.02 Å². The average Bonchev–Trinajstić information content (AvgIpc) is 2.36. The Hall–Kier alpha value is -1.91. The summed E-state index contributed by atoms with van der Waals surface area (Å²) in [6, 6.07) is 4.28. The van der Waals surface area contributed by atoms with Crippen molar-refractivity contribution >= 4 is 17.5 Å². The fraction of sp³-hybridized carbons (Fsp3) is 0.364. The Kier molecular flexibility index (Phi) is 5.84. The van der Waals surface area contributed by atoms with Crippen LogP contribution in [-0.2, 0) is 0 Å². The molecule has 0 heterocycles. The van der Waals surface area contributed by atoms with Gasteiger partial charge in [-0.2, -0.15) is 0 Å². The molecule has 1 amide bonds. The van der Waals surface area contributed by atoms with E-state index in [9.17, 15) is 9.90 Å². The predicted molar refractivity (Wildman–Crippen MR) is 68.7 cm³/mol. The lowest BCUT2D eigenvalue weighted by molar-refractivity contribution is 0.0953. The molecule has 0 aliphatic carbocycles. The number of amides is 1. The van der Waals surface area contributed by atoms with Gasteiger partial charge in [-0.05, 0) is 36.6 Å². The van der Waals surface area contributed by atoms with Crippen LogP contribution in [0.5, 0.6) is 5.75 Å². The molecule has 7 heteroatoms. The van der Waals surface area contributed by atoms with Crippen LogP contribution in [0.2, 0.25) is 5.02 Å². The maximum atomic E-state index is 11.7. The van der Waals surface area contributed by atoms with Gasteiger partial charge in [0.15, 0.2) is 0 Å². The van der Waals surface area contributed by atoms with E-state index in [4.69, 9.17) is 17.1 Å². The van der Waals surface area contributed by atoms with Crippen LogP contribution < -0.4 is 5.32 Å². The topological polar surface area (TPSA) is 98.1 Å². The molecule has 0 radical (unpaired) electrons. The second-order valence-electron chi connectivity index (χ2n) is 3.58. The molecule has 0 atom stereocenters. The summed E-state index contributed by atoms with van der Waals surface area (Å²) in [4.78, 5) is 14.3. The summed E-state index contributed by atoms with van der Waals surface area (Å²) in [5.74, 6) is -0.303. The highest BCUT2D eigenvalue weighted by molar-refractivity contribution is 6.32. The maximum Gasteiger partial charge on any atom is 0.251 e. The number of benzene rings is 1. The molecule has 6 nitrogen and oxygen atoms in total. The largest absolute Gasteiger partial charge is 0.506 e. The number of azide groups is 1. The molecule has 0 aromatic heterocycles. The van der Waals surface area contributed by atoms with Crippen molar-refractivity contribution in [3.05, 3.63) is 39.2 Å². The van der Waals surface area contributed by atoms with E-state index in [2.05, 4.69) is 15.3 Å². The first-order chi connectivity index (χ1) is 8.65. The Morgan fingerprint density at radius 1 is 1.50 bits per heavy atom. The molecule has 1 aromatic carbocycles. The number of halogens is 1. The molecule has 0 aliphatic heterocycles. The molecule has 0 unspecified atom stereocenters. The van der Waals surface area contributed by atoms with Crippen molar-refractivity contribution in [2.24, 2.45) is 5.11 Å². The Morgan fingerprint density at radius 2 is 2.28 bits per heavy atom. The third-order valence-electron chi connectivity index (χ3n) is 2.24. The van der Waals surface area contributed by atoms with Gasteiger partial charge in [0.25, 0.3) is 5.91 Å². The van der Waals surface area contributed by atoms with Crippen molar-refractivity contribution in [1.82, 2.24) is 5.32 Å². The van der Waals surface area contributed by atoms with E-state index >= 15 is 0 Å². The lowest BCUT2D eigenvalue weighted by Crippen LogP contribution is -2.24. The summed E-state index contributed by atoms with van der Waals surface area (Å²) >= 11 is 5.70. The summed E-state index contributed by atoms with van der Waals surface area (Å²) in [6.07, 6.45) is 1.46. The summed E-state index contributed by atoms with van der Waals surface area (Å²) in [5, 5.41) is 15.5.